The minimum Gasteiger partial charge on any atom is -0.490 e. The van der Waals surface area contributed by atoms with Crippen LogP contribution in [-0.2, 0) is 0 Å². The monoisotopic (exact) mass is 293 g/mol. The van der Waals surface area contributed by atoms with E-state index in [9.17, 15) is 10.1 Å². The van der Waals surface area contributed by atoms with Crippen molar-refractivity contribution in [1.29, 1.82) is 0 Å². The highest BCUT2D eigenvalue weighted by molar-refractivity contribution is 5.70. The number of ether oxygens (including phenoxy) is 1. The molecule has 0 unspecified atom stereocenters. The normalized spacial score (nSPS) is 21.9. The molecule has 0 heterocycles. The predicted octanol–water partition coefficient (Wildman–Crippen LogP) is 2.70. The molecule has 6 nitrogen and oxygen atoms in total. The van der Waals surface area contributed by atoms with Gasteiger partial charge in [0.2, 0.25) is 0 Å². The van der Waals surface area contributed by atoms with E-state index in [0.29, 0.717) is 17.5 Å². The number of nitro benzene ring substituents is 1. The minimum atomic E-state index is -0.356. The third-order valence-corrected chi connectivity index (χ3v) is 4.21. The highest BCUT2D eigenvalue weighted by Crippen LogP contribution is 2.39. The zero-order chi connectivity index (χ0) is 15.4. The summed E-state index contributed by atoms with van der Waals surface area (Å²) in [4.78, 5) is 13.2. The van der Waals surface area contributed by atoms with E-state index in [1.165, 1.54) is 7.11 Å². The standard InChI is InChI=1S/C15H23N3O3/c1-3-17(12-9-7-11(16)8-10-12)13-5-4-6-14(21-2)15(13)18(19)20/h4-6,11-12H,3,7-10,16H2,1-2H3. The molecule has 0 atom stereocenters. The Morgan fingerprint density at radius 2 is 2.05 bits per heavy atom. The van der Waals surface area contributed by atoms with Gasteiger partial charge in [0.1, 0.15) is 5.69 Å². The molecule has 1 saturated carbocycles. The number of nitro groups is 1. The van der Waals surface area contributed by atoms with Crippen LogP contribution in [0.1, 0.15) is 32.6 Å². The smallest absolute Gasteiger partial charge is 0.333 e. The maximum Gasteiger partial charge on any atom is 0.333 e. The molecule has 0 aromatic heterocycles. The summed E-state index contributed by atoms with van der Waals surface area (Å²) in [7, 11) is 1.46. The van der Waals surface area contributed by atoms with Gasteiger partial charge in [-0.1, -0.05) is 6.07 Å². The van der Waals surface area contributed by atoms with Gasteiger partial charge >= 0.3 is 5.69 Å². The largest absolute Gasteiger partial charge is 0.490 e. The van der Waals surface area contributed by atoms with E-state index in [0.717, 1.165) is 32.2 Å². The molecule has 0 bridgehead atoms. The number of nitrogens with zero attached hydrogens (tertiary/aromatic N) is 2. The lowest BCUT2D eigenvalue weighted by Gasteiger charge is -2.36. The number of hydrogen-bond acceptors (Lipinski definition) is 5. The van der Waals surface area contributed by atoms with E-state index in [1.807, 2.05) is 6.92 Å². The van der Waals surface area contributed by atoms with Gasteiger partial charge in [-0.05, 0) is 44.7 Å². The number of nitrogens with two attached hydrogens (primary N) is 1. The second-order valence-electron chi connectivity index (χ2n) is 5.44. The summed E-state index contributed by atoms with van der Waals surface area (Å²) in [6, 6.07) is 5.81. The van der Waals surface area contributed by atoms with E-state index in [1.54, 1.807) is 18.2 Å². The highest BCUT2D eigenvalue weighted by Gasteiger charge is 2.30. The molecule has 1 aliphatic rings. The molecule has 0 saturated heterocycles. The van der Waals surface area contributed by atoms with Gasteiger partial charge in [0.05, 0.1) is 12.0 Å². The van der Waals surface area contributed by atoms with Crippen LogP contribution in [0.4, 0.5) is 11.4 Å². The second-order valence-corrected chi connectivity index (χ2v) is 5.44. The summed E-state index contributed by atoms with van der Waals surface area (Å²) >= 11 is 0. The Morgan fingerprint density at radius 3 is 2.57 bits per heavy atom. The zero-order valence-corrected chi connectivity index (χ0v) is 12.6. The van der Waals surface area contributed by atoms with Crippen LogP contribution in [0.25, 0.3) is 0 Å². The predicted molar refractivity (Wildman–Crippen MR) is 82.9 cm³/mol. The summed E-state index contributed by atoms with van der Waals surface area (Å²) in [6.07, 6.45) is 3.89. The van der Waals surface area contributed by atoms with Crippen LogP contribution in [0.3, 0.4) is 0 Å². The maximum atomic E-state index is 11.4. The Labute approximate surface area is 125 Å². The highest BCUT2D eigenvalue weighted by atomic mass is 16.6. The molecule has 0 spiro atoms. The van der Waals surface area contributed by atoms with Gasteiger partial charge in [0.15, 0.2) is 5.75 Å². The van der Waals surface area contributed by atoms with Crippen molar-refractivity contribution >= 4 is 11.4 Å². The number of para-hydroxylation sites is 1. The lowest BCUT2D eigenvalue weighted by molar-refractivity contribution is -0.385. The maximum absolute atomic E-state index is 11.4. The molecule has 1 aromatic carbocycles. The van der Waals surface area contributed by atoms with Crippen molar-refractivity contribution < 1.29 is 9.66 Å². The molecule has 0 radical (unpaired) electrons. The molecule has 1 fully saturated rings. The van der Waals surface area contributed by atoms with Crippen molar-refractivity contribution in [2.75, 3.05) is 18.6 Å². The zero-order valence-electron chi connectivity index (χ0n) is 12.6. The fourth-order valence-corrected chi connectivity index (χ4v) is 3.13. The molecule has 0 aliphatic heterocycles. The van der Waals surface area contributed by atoms with Crippen LogP contribution in [0, 0.1) is 10.1 Å². The van der Waals surface area contributed by atoms with Gasteiger partial charge in [0, 0.05) is 18.6 Å². The minimum absolute atomic E-state index is 0.0525. The molecule has 21 heavy (non-hydrogen) atoms. The first-order valence-electron chi connectivity index (χ1n) is 7.42. The van der Waals surface area contributed by atoms with E-state index in [4.69, 9.17) is 10.5 Å². The van der Waals surface area contributed by atoms with Gasteiger partial charge < -0.3 is 15.4 Å². The molecule has 6 heteroatoms. The fraction of sp³-hybridized carbons (Fsp3) is 0.600. The number of rotatable bonds is 5. The summed E-state index contributed by atoms with van der Waals surface area (Å²) < 4.78 is 5.16. The van der Waals surface area contributed by atoms with Crippen molar-refractivity contribution in [2.24, 2.45) is 5.73 Å². The van der Waals surface area contributed by atoms with Crippen molar-refractivity contribution in [3.05, 3.63) is 28.3 Å². The lowest BCUT2D eigenvalue weighted by Crippen LogP contribution is -2.41. The van der Waals surface area contributed by atoms with Crippen LogP contribution in [0.2, 0.25) is 0 Å². The number of anilines is 1. The molecule has 116 valence electrons. The molecule has 0 amide bonds. The topological polar surface area (TPSA) is 81.6 Å². The fourth-order valence-electron chi connectivity index (χ4n) is 3.13. The Kier molecular flexibility index (Phi) is 5.01. The Balaban J connectivity index is 2.35. The number of benzene rings is 1. The van der Waals surface area contributed by atoms with Gasteiger partial charge in [0.25, 0.3) is 0 Å². The summed E-state index contributed by atoms with van der Waals surface area (Å²) in [5.74, 6) is 0.309. The summed E-state index contributed by atoms with van der Waals surface area (Å²) in [5, 5.41) is 11.4. The molecule has 1 aliphatic carbocycles. The van der Waals surface area contributed by atoms with E-state index in [2.05, 4.69) is 4.90 Å². The number of hydrogen-bond donors (Lipinski definition) is 1. The van der Waals surface area contributed by atoms with Crippen LogP contribution >= 0.6 is 0 Å². The average molecular weight is 293 g/mol. The quantitative estimate of drug-likeness (QED) is 0.666. The van der Waals surface area contributed by atoms with Crippen LogP contribution in [0.5, 0.6) is 5.75 Å². The van der Waals surface area contributed by atoms with Crippen molar-refractivity contribution in [1.82, 2.24) is 0 Å². The van der Waals surface area contributed by atoms with Gasteiger partial charge in [-0.25, -0.2) is 0 Å². The van der Waals surface area contributed by atoms with E-state index in [-0.39, 0.29) is 16.7 Å². The number of methoxy groups -OCH3 is 1. The SMILES string of the molecule is CCN(c1cccc(OC)c1[N+](=O)[O-])C1CCC(N)CC1. The van der Waals surface area contributed by atoms with E-state index >= 15 is 0 Å². The van der Waals surface area contributed by atoms with Crippen molar-refractivity contribution in [3.63, 3.8) is 0 Å². The first-order valence-corrected chi connectivity index (χ1v) is 7.42. The Morgan fingerprint density at radius 1 is 1.38 bits per heavy atom. The summed E-state index contributed by atoms with van der Waals surface area (Å²) in [5.41, 5.74) is 6.65. The van der Waals surface area contributed by atoms with E-state index < -0.39 is 0 Å². The van der Waals surface area contributed by atoms with Gasteiger partial charge in [-0.2, -0.15) is 0 Å². The Bertz CT molecular complexity index is 499. The molecular formula is C15H23N3O3. The van der Waals surface area contributed by atoms with Crippen LogP contribution < -0.4 is 15.4 Å². The molecule has 2 N–H and O–H groups in total. The summed E-state index contributed by atoms with van der Waals surface area (Å²) in [6.45, 7) is 2.76. The average Bonchev–Trinajstić information content (AvgIpc) is 2.49. The third kappa shape index (κ3) is 3.26. The van der Waals surface area contributed by atoms with Gasteiger partial charge in [-0.3, -0.25) is 10.1 Å². The molecular weight excluding hydrogens is 270 g/mol. The third-order valence-electron chi connectivity index (χ3n) is 4.21. The van der Waals surface area contributed by atoms with Crippen LogP contribution in [0.15, 0.2) is 18.2 Å². The van der Waals surface area contributed by atoms with Crippen molar-refractivity contribution in [3.8, 4) is 5.75 Å². The first kappa shape index (κ1) is 15.6. The lowest BCUT2D eigenvalue weighted by atomic mass is 9.90. The van der Waals surface area contributed by atoms with Crippen molar-refractivity contribution in [2.45, 2.75) is 44.7 Å². The Hall–Kier alpha value is -1.82. The molecule has 2 rings (SSSR count). The van der Waals surface area contributed by atoms with Crippen LogP contribution in [-0.4, -0.2) is 30.7 Å². The second kappa shape index (κ2) is 6.76. The van der Waals surface area contributed by atoms with Gasteiger partial charge in [-0.15, -0.1) is 0 Å². The molecule has 1 aromatic rings. The first-order chi connectivity index (χ1) is 10.1.